The lowest BCUT2D eigenvalue weighted by atomic mass is 9.86. The van der Waals surface area contributed by atoms with Gasteiger partial charge >= 0.3 is 0 Å². The van der Waals surface area contributed by atoms with Gasteiger partial charge < -0.3 is 0 Å². The summed E-state index contributed by atoms with van der Waals surface area (Å²) in [7, 11) is 0. The fourth-order valence-electron chi connectivity index (χ4n) is 2.28. The molecule has 84 valence electrons. The number of hydrogen-bond donors (Lipinski definition) is 0. The first-order valence-electron chi connectivity index (χ1n) is 5.58. The second-order valence-electron chi connectivity index (χ2n) is 4.35. The summed E-state index contributed by atoms with van der Waals surface area (Å²) in [6.45, 7) is 2.14. The lowest BCUT2D eigenvalue weighted by molar-refractivity contribution is 0.350. The van der Waals surface area contributed by atoms with Gasteiger partial charge in [-0.2, -0.15) is 0 Å². The van der Waals surface area contributed by atoms with E-state index >= 15 is 0 Å². The monoisotopic (exact) mass is 306 g/mol. The molecule has 1 aromatic heterocycles. The van der Waals surface area contributed by atoms with Crippen LogP contribution in [-0.4, -0.2) is 0 Å². The van der Waals surface area contributed by atoms with E-state index in [1.165, 1.54) is 46.3 Å². The van der Waals surface area contributed by atoms with Crippen LogP contribution >= 0.6 is 38.9 Å². The van der Waals surface area contributed by atoms with Crippen molar-refractivity contribution in [2.75, 3.05) is 0 Å². The van der Waals surface area contributed by atoms with E-state index in [2.05, 4.69) is 28.9 Å². The molecule has 1 saturated carbocycles. The van der Waals surface area contributed by atoms with E-state index in [0.29, 0.717) is 5.92 Å². The highest BCUT2D eigenvalue weighted by molar-refractivity contribution is 9.10. The van der Waals surface area contributed by atoms with Crippen LogP contribution in [0.25, 0.3) is 0 Å². The summed E-state index contributed by atoms with van der Waals surface area (Å²) in [6.07, 6.45) is 6.73. The Morgan fingerprint density at radius 1 is 1.40 bits per heavy atom. The molecule has 1 fully saturated rings. The number of alkyl halides is 1. The van der Waals surface area contributed by atoms with Gasteiger partial charge in [-0.05, 0) is 47.7 Å². The van der Waals surface area contributed by atoms with Gasteiger partial charge in [0.25, 0.3) is 0 Å². The molecular formula is C12H16BrClS. The van der Waals surface area contributed by atoms with E-state index in [9.17, 15) is 0 Å². The Bertz CT molecular complexity index is 309. The van der Waals surface area contributed by atoms with Crippen molar-refractivity contribution in [3.63, 3.8) is 0 Å². The van der Waals surface area contributed by atoms with Crippen molar-refractivity contribution < 1.29 is 0 Å². The minimum absolute atomic E-state index is 0.236. The molecule has 0 spiro atoms. The highest BCUT2D eigenvalue weighted by Crippen LogP contribution is 2.42. The Kier molecular flexibility index (Phi) is 4.14. The van der Waals surface area contributed by atoms with Crippen LogP contribution in [0.15, 0.2) is 10.5 Å². The molecular weight excluding hydrogens is 292 g/mol. The zero-order valence-corrected chi connectivity index (χ0v) is 12.1. The lowest BCUT2D eigenvalue weighted by Gasteiger charge is -2.25. The Balaban J connectivity index is 2.08. The van der Waals surface area contributed by atoms with Crippen LogP contribution in [0.3, 0.4) is 0 Å². The minimum atomic E-state index is 0.236. The summed E-state index contributed by atoms with van der Waals surface area (Å²) >= 11 is 12.0. The molecule has 0 aromatic carbocycles. The first-order chi connectivity index (χ1) is 7.18. The maximum Gasteiger partial charge on any atom is 0.0707 e. The molecule has 2 rings (SSSR count). The predicted octanol–water partition coefficient (Wildman–Crippen LogP) is 5.68. The Morgan fingerprint density at radius 2 is 2.07 bits per heavy atom. The molecule has 0 N–H and O–H groups in total. The number of halogens is 2. The highest BCUT2D eigenvalue weighted by atomic mass is 79.9. The summed E-state index contributed by atoms with van der Waals surface area (Å²) in [5.41, 5.74) is 0. The maximum atomic E-state index is 6.56. The van der Waals surface area contributed by atoms with Crippen molar-refractivity contribution in [1.82, 2.24) is 0 Å². The van der Waals surface area contributed by atoms with Gasteiger partial charge in [0.2, 0.25) is 0 Å². The summed E-state index contributed by atoms with van der Waals surface area (Å²) in [5, 5.41) is 0.236. The van der Waals surface area contributed by atoms with Gasteiger partial charge in [-0.3, -0.25) is 0 Å². The molecule has 1 atom stereocenters. The van der Waals surface area contributed by atoms with Gasteiger partial charge in [-0.15, -0.1) is 22.9 Å². The Morgan fingerprint density at radius 3 is 2.60 bits per heavy atom. The zero-order valence-electron chi connectivity index (χ0n) is 8.93. The Labute approximate surface area is 109 Å². The molecule has 0 aliphatic heterocycles. The fraction of sp³-hybridized carbons (Fsp3) is 0.667. The molecule has 0 saturated heterocycles. The van der Waals surface area contributed by atoms with Crippen molar-refractivity contribution in [2.45, 2.75) is 44.4 Å². The Hall–Kier alpha value is 0.470. The molecule has 1 heterocycles. The van der Waals surface area contributed by atoms with E-state index in [1.807, 2.05) is 11.3 Å². The standard InChI is InChI=1S/C12H16BrClS/c1-8-10(13)7-11(15-8)12(14)9-5-3-2-4-6-9/h7,9,12H,2-6H2,1H3. The summed E-state index contributed by atoms with van der Waals surface area (Å²) in [4.78, 5) is 2.68. The number of rotatable bonds is 2. The quantitative estimate of drug-likeness (QED) is 0.617. The van der Waals surface area contributed by atoms with Crippen LogP contribution in [0, 0.1) is 12.8 Å². The number of thiophene rings is 1. The second kappa shape index (κ2) is 5.20. The van der Waals surface area contributed by atoms with Crippen LogP contribution in [0.2, 0.25) is 0 Å². The van der Waals surface area contributed by atoms with Gasteiger partial charge in [0.05, 0.1) is 5.38 Å². The largest absolute Gasteiger partial charge is 0.143 e. The summed E-state index contributed by atoms with van der Waals surface area (Å²) in [5.74, 6) is 0.699. The van der Waals surface area contributed by atoms with Crippen molar-refractivity contribution in [3.8, 4) is 0 Å². The smallest absolute Gasteiger partial charge is 0.0707 e. The average Bonchev–Trinajstić information content (AvgIpc) is 2.59. The summed E-state index contributed by atoms with van der Waals surface area (Å²) < 4.78 is 1.21. The van der Waals surface area contributed by atoms with E-state index in [-0.39, 0.29) is 5.38 Å². The van der Waals surface area contributed by atoms with Crippen LogP contribution in [0.5, 0.6) is 0 Å². The van der Waals surface area contributed by atoms with Crippen molar-refractivity contribution in [3.05, 3.63) is 20.3 Å². The number of aryl methyl sites for hydroxylation is 1. The SMILES string of the molecule is Cc1sc(C(Cl)C2CCCCC2)cc1Br. The third kappa shape index (κ3) is 2.78. The van der Waals surface area contributed by atoms with Gasteiger partial charge in [-0.1, -0.05) is 19.3 Å². The topological polar surface area (TPSA) is 0 Å². The van der Waals surface area contributed by atoms with Gasteiger partial charge in [0, 0.05) is 14.2 Å². The molecule has 0 bridgehead atoms. The maximum absolute atomic E-state index is 6.56. The average molecular weight is 308 g/mol. The number of hydrogen-bond acceptors (Lipinski definition) is 1. The van der Waals surface area contributed by atoms with Gasteiger partial charge in [-0.25, -0.2) is 0 Å². The first-order valence-corrected chi connectivity index (χ1v) is 7.63. The molecule has 3 heteroatoms. The van der Waals surface area contributed by atoms with Gasteiger partial charge in [0.1, 0.15) is 0 Å². The summed E-state index contributed by atoms with van der Waals surface area (Å²) in [6, 6.07) is 2.20. The third-order valence-electron chi connectivity index (χ3n) is 3.21. The lowest BCUT2D eigenvalue weighted by Crippen LogP contribution is -2.11. The molecule has 15 heavy (non-hydrogen) atoms. The zero-order chi connectivity index (χ0) is 10.8. The van der Waals surface area contributed by atoms with Crippen molar-refractivity contribution in [2.24, 2.45) is 5.92 Å². The van der Waals surface area contributed by atoms with Crippen LogP contribution in [-0.2, 0) is 0 Å². The van der Waals surface area contributed by atoms with E-state index in [1.54, 1.807) is 0 Å². The highest BCUT2D eigenvalue weighted by Gasteiger charge is 2.24. The first kappa shape index (κ1) is 11.9. The molecule has 0 amide bonds. The molecule has 1 aliphatic carbocycles. The second-order valence-corrected chi connectivity index (χ2v) is 6.97. The van der Waals surface area contributed by atoms with E-state index in [4.69, 9.17) is 11.6 Å². The van der Waals surface area contributed by atoms with Crippen molar-refractivity contribution >= 4 is 38.9 Å². The van der Waals surface area contributed by atoms with E-state index in [0.717, 1.165) is 0 Å². The predicted molar refractivity (Wildman–Crippen MR) is 71.9 cm³/mol. The molecule has 1 aliphatic rings. The van der Waals surface area contributed by atoms with Gasteiger partial charge in [0.15, 0.2) is 0 Å². The van der Waals surface area contributed by atoms with Crippen LogP contribution in [0.1, 0.15) is 47.2 Å². The molecule has 0 radical (unpaired) electrons. The van der Waals surface area contributed by atoms with Crippen molar-refractivity contribution in [1.29, 1.82) is 0 Å². The van der Waals surface area contributed by atoms with Crippen LogP contribution in [0.4, 0.5) is 0 Å². The molecule has 1 aromatic rings. The van der Waals surface area contributed by atoms with Crippen LogP contribution < -0.4 is 0 Å². The van der Waals surface area contributed by atoms with E-state index < -0.39 is 0 Å². The third-order valence-corrected chi connectivity index (χ3v) is 6.15. The molecule has 0 nitrogen and oxygen atoms in total. The fourth-order valence-corrected chi connectivity index (χ4v) is 4.36. The molecule has 1 unspecified atom stereocenters. The minimum Gasteiger partial charge on any atom is -0.143 e. The normalized spacial score (nSPS) is 20.5.